The normalized spacial score (nSPS) is 13.4. The molecule has 0 atom stereocenters. The Morgan fingerprint density at radius 3 is 2.48 bits per heavy atom. The monoisotopic (exact) mass is 397 g/mol. The number of benzene rings is 1. The zero-order valence-corrected chi connectivity index (χ0v) is 14.8. The van der Waals surface area contributed by atoms with Gasteiger partial charge in [-0.1, -0.05) is 30.6 Å². The Labute approximate surface area is 137 Å². The SMILES string of the molecule is CCC(CC)(NS(=O)(=O)c1ccc(Cl)c(Br)c1)/C(N)=N/O. The maximum absolute atomic E-state index is 12.5. The molecule has 4 N–H and O–H groups in total. The number of rotatable bonds is 6. The summed E-state index contributed by atoms with van der Waals surface area (Å²) in [7, 11) is -3.85. The first-order valence-electron chi connectivity index (χ1n) is 6.19. The summed E-state index contributed by atoms with van der Waals surface area (Å²) in [6.07, 6.45) is 0.681. The highest BCUT2D eigenvalue weighted by atomic mass is 79.9. The quantitative estimate of drug-likeness (QED) is 0.296. The van der Waals surface area contributed by atoms with Gasteiger partial charge in [-0.05, 0) is 47.0 Å². The molecule has 0 spiro atoms. The van der Waals surface area contributed by atoms with Crippen LogP contribution < -0.4 is 10.5 Å². The molecule has 118 valence electrons. The van der Waals surface area contributed by atoms with E-state index in [-0.39, 0.29) is 10.7 Å². The van der Waals surface area contributed by atoms with E-state index >= 15 is 0 Å². The van der Waals surface area contributed by atoms with Gasteiger partial charge in [0.2, 0.25) is 10.0 Å². The molecular weight excluding hydrogens is 382 g/mol. The molecule has 0 aliphatic carbocycles. The summed E-state index contributed by atoms with van der Waals surface area (Å²) >= 11 is 9.04. The Morgan fingerprint density at radius 2 is 2.05 bits per heavy atom. The van der Waals surface area contributed by atoms with Gasteiger partial charge >= 0.3 is 0 Å². The van der Waals surface area contributed by atoms with Crippen LogP contribution in [0.3, 0.4) is 0 Å². The molecule has 9 heteroatoms. The molecule has 0 unspecified atom stereocenters. The van der Waals surface area contributed by atoms with E-state index in [4.69, 9.17) is 22.5 Å². The van der Waals surface area contributed by atoms with Gasteiger partial charge in [-0.3, -0.25) is 0 Å². The maximum Gasteiger partial charge on any atom is 0.241 e. The van der Waals surface area contributed by atoms with Crippen molar-refractivity contribution in [3.05, 3.63) is 27.7 Å². The van der Waals surface area contributed by atoms with Crippen LogP contribution in [0.4, 0.5) is 0 Å². The lowest BCUT2D eigenvalue weighted by atomic mass is 9.93. The second-order valence-corrected chi connectivity index (χ2v) is 7.40. The van der Waals surface area contributed by atoms with Crippen molar-refractivity contribution >= 4 is 43.4 Å². The van der Waals surface area contributed by atoms with Gasteiger partial charge in [-0.2, -0.15) is 4.72 Å². The van der Waals surface area contributed by atoms with Crippen molar-refractivity contribution in [2.75, 3.05) is 0 Å². The van der Waals surface area contributed by atoms with E-state index in [1.54, 1.807) is 13.8 Å². The minimum atomic E-state index is -3.85. The molecule has 0 fully saturated rings. The summed E-state index contributed by atoms with van der Waals surface area (Å²) in [5.41, 5.74) is 4.52. The number of nitrogens with one attached hydrogen (secondary N) is 1. The fraction of sp³-hybridized carbons (Fsp3) is 0.417. The Kier molecular flexibility index (Phi) is 6.03. The fourth-order valence-electron chi connectivity index (χ4n) is 1.86. The van der Waals surface area contributed by atoms with Crippen LogP contribution >= 0.6 is 27.5 Å². The Bertz CT molecular complexity index is 645. The van der Waals surface area contributed by atoms with E-state index in [1.807, 2.05) is 0 Å². The van der Waals surface area contributed by atoms with Crippen LogP contribution in [-0.4, -0.2) is 25.0 Å². The molecule has 1 rings (SSSR count). The van der Waals surface area contributed by atoms with Crippen LogP contribution in [-0.2, 0) is 10.0 Å². The molecule has 0 saturated heterocycles. The van der Waals surface area contributed by atoms with E-state index in [9.17, 15) is 8.42 Å². The van der Waals surface area contributed by atoms with Crippen LogP contribution in [0.5, 0.6) is 0 Å². The zero-order valence-electron chi connectivity index (χ0n) is 11.6. The lowest BCUT2D eigenvalue weighted by molar-refractivity contribution is 0.307. The average molecular weight is 399 g/mol. The molecule has 0 aromatic heterocycles. The van der Waals surface area contributed by atoms with Crippen molar-refractivity contribution in [1.29, 1.82) is 0 Å². The first-order chi connectivity index (χ1) is 9.72. The van der Waals surface area contributed by atoms with Gasteiger partial charge in [0, 0.05) is 4.47 Å². The molecule has 0 saturated carbocycles. The minimum absolute atomic E-state index is 0.0378. The van der Waals surface area contributed by atoms with Crippen molar-refractivity contribution in [2.24, 2.45) is 10.9 Å². The first-order valence-corrected chi connectivity index (χ1v) is 8.85. The fourth-order valence-corrected chi connectivity index (χ4v) is 4.06. The molecule has 0 bridgehead atoms. The van der Waals surface area contributed by atoms with Gasteiger partial charge in [0.15, 0.2) is 5.84 Å². The van der Waals surface area contributed by atoms with Gasteiger partial charge in [0.25, 0.3) is 0 Å². The topological polar surface area (TPSA) is 105 Å². The third-order valence-electron chi connectivity index (χ3n) is 3.34. The van der Waals surface area contributed by atoms with E-state index in [1.165, 1.54) is 18.2 Å². The van der Waals surface area contributed by atoms with E-state index in [0.29, 0.717) is 22.3 Å². The lowest BCUT2D eigenvalue weighted by Crippen LogP contribution is -2.56. The largest absolute Gasteiger partial charge is 0.409 e. The van der Waals surface area contributed by atoms with Gasteiger partial charge in [-0.15, -0.1) is 0 Å². The summed E-state index contributed by atoms with van der Waals surface area (Å²) in [6, 6.07) is 4.26. The first kappa shape index (κ1) is 18.2. The molecule has 0 radical (unpaired) electrons. The van der Waals surface area contributed by atoms with Crippen molar-refractivity contribution in [1.82, 2.24) is 4.72 Å². The number of halogens is 2. The highest BCUT2D eigenvalue weighted by Gasteiger charge is 2.36. The standard InChI is InChI=1S/C12H17BrClN3O3S/c1-3-12(4-2,11(15)16-18)17-21(19,20)8-5-6-10(14)9(13)7-8/h5-7,17-18H,3-4H2,1-2H3,(H2,15,16). The Hall–Kier alpha value is -0.830. The summed E-state index contributed by atoms with van der Waals surface area (Å²) < 4.78 is 27.9. The number of sulfonamides is 1. The second-order valence-electron chi connectivity index (χ2n) is 4.46. The number of nitrogens with zero attached hydrogens (tertiary/aromatic N) is 1. The third-order valence-corrected chi connectivity index (χ3v) is 6.08. The number of amidine groups is 1. The molecule has 0 amide bonds. The van der Waals surface area contributed by atoms with Crippen molar-refractivity contribution in [2.45, 2.75) is 37.1 Å². The van der Waals surface area contributed by atoms with Crippen LogP contribution in [0.25, 0.3) is 0 Å². The maximum atomic E-state index is 12.5. The minimum Gasteiger partial charge on any atom is -0.409 e. The lowest BCUT2D eigenvalue weighted by Gasteiger charge is -2.30. The highest BCUT2D eigenvalue weighted by molar-refractivity contribution is 9.10. The van der Waals surface area contributed by atoms with Gasteiger partial charge < -0.3 is 10.9 Å². The van der Waals surface area contributed by atoms with Crippen LogP contribution in [0.1, 0.15) is 26.7 Å². The molecule has 0 aliphatic heterocycles. The van der Waals surface area contributed by atoms with Gasteiger partial charge in [-0.25, -0.2) is 8.42 Å². The zero-order chi connectivity index (χ0) is 16.3. The predicted molar refractivity (Wildman–Crippen MR) is 86.2 cm³/mol. The molecule has 21 heavy (non-hydrogen) atoms. The summed E-state index contributed by atoms with van der Waals surface area (Å²) in [5, 5.41) is 12.2. The number of oxime groups is 1. The Balaban J connectivity index is 3.27. The van der Waals surface area contributed by atoms with Crippen molar-refractivity contribution < 1.29 is 13.6 Å². The molecular formula is C12H17BrClN3O3S. The van der Waals surface area contributed by atoms with Crippen LogP contribution in [0.15, 0.2) is 32.7 Å². The number of nitrogens with two attached hydrogens (primary N) is 1. The average Bonchev–Trinajstić information content (AvgIpc) is 2.46. The van der Waals surface area contributed by atoms with Gasteiger partial charge in [0.1, 0.15) is 0 Å². The number of hydrogen-bond acceptors (Lipinski definition) is 4. The highest BCUT2D eigenvalue weighted by Crippen LogP contribution is 2.27. The van der Waals surface area contributed by atoms with Crippen LogP contribution in [0, 0.1) is 0 Å². The van der Waals surface area contributed by atoms with E-state index in [0.717, 1.165) is 0 Å². The summed E-state index contributed by atoms with van der Waals surface area (Å²) in [6.45, 7) is 3.50. The predicted octanol–water partition coefficient (Wildman–Crippen LogP) is 2.69. The second kappa shape index (κ2) is 6.95. The molecule has 6 nitrogen and oxygen atoms in total. The van der Waals surface area contributed by atoms with Crippen molar-refractivity contribution in [3.63, 3.8) is 0 Å². The molecule has 1 aromatic carbocycles. The summed E-state index contributed by atoms with van der Waals surface area (Å²) in [4.78, 5) is 0.0378. The smallest absolute Gasteiger partial charge is 0.241 e. The summed E-state index contributed by atoms with van der Waals surface area (Å²) in [5.74, 6) is -0.177. The van der Waals surface area contributed by atoms with E-state index < -0.39 is 15.6 Å². The molecule has 1 aromatic rings. The Morgan fingerprint density at radius 1 is 1.48 bits per heavy atom. The van der Waals surface area contributed by atoms with E-state index in [2.05, 4.69) is 25.8 Å². The number of hydrogen-bond donors (Lipinski definition) is 3. The van der Waals surface area contributed by atoms with Gasteiger partial charge in [0.05, 0.1) is 15.5 Å². The molecule has 0 aliphatic rings. The molecule has 0 heterocycles. The third kappa shape index (κ3) is 3.88. The van der Waals surface area contributed by atoms with Crippen LogP contribution in [0.2, 0.25) is 5.02 Å². The van der Waals surface area contributed by atoms with Crippen molar-refractivity contribution in [3.8, 4) is 0 Å².